The normalized spacial score (nSPS) is 10.6. The fraction of sp³-hybridized carbons (Fsp3) is 0.842. The van der Waals surface area contributed by atoms with E-state index in [0.717, 1.165) is 0 Å². The van der Waals surface area contributed by atoms with Crippen LogP contribution in [0.5, 0.6) is 0 Å². The molecule has 1 aromatic heterocycles. The molecule has 0 amide bonds. The van der Waals surface area contributed by atoms with Gasteiger partial charge in [-0.05, 0) is 25.7 Å². The standard InChI is InChI=1S/C16H36N.C3H4N2.BrH/c1-5-9-13-17(14-10-6-2,15-11-7-3)16-12-8-4;1-2-5-3-4-1;/h5-16H2,1-4H3;1-3H,(H,4,5);1H/q+1;;/p-1. The third-order valence-corrected chi connectivity index (χ3v) is 4.35. The van der Waals surface area contributed by atoms with Crippen molar-refractivity contribution in [3.05, 3.63) is 18.7 Å². The van der Waals surface area contributed by atoms with E-state index in [1.807, 2.05) is 0 Å². The van der Waals surface area contributed by atoms with Gasteiger partial charge in [0.15, 0.2) is 0 Å². The number of halogens is 1. The van der Waals surface area contributed by atoms with Crippen LogP contribution in [0.1, 0.15) is 79.1 Å². The third kappa shape index (κ3) is 13.8. The molecule has 0 saturated carbocycles. The van der Waals surface area contributed by atoms with Crippen LogP contribution in [0.2, 0.25) is 0 Å². The minimum Gasteiger partial charge on any atom is -1.00 e. The highest BCUT2D eigenvalue weighted by molar-refractivity contribution is 4.64. The van der Waals surface area contributed by atoms with Gasteiger partial charge in [-0.2, -0.15) is 0 Å². The summed E-state index contributed by atoms with van der Waals surface area (Å²) in [6.45, 7) is 15.0. The Morgan fingerprint density at radius 2 is 1.13 bits per heavy atom. The van der Waals surface area contributed by atoms with Gasteiger partial charge in [0, 0.05) is 12.4 Å². The molecule has 138 valence electrons. The van der Waals surface area contributed by atoms with Crippen LogP contribution in [0.25, 0.3) is 0 Å². The lowest BCUT2D eigenvalue weighted by Crippen LogP contribution is -3.00. The summed E-state index contributed by atoms with van der Waals surface area (Å²) in [5.74, 6) is 0. The summed E-state index contributed by atoms with van der Waals surface area (Å²) >= 11 is 0. The van der Waals surface area contributed by atoms with Gasteiger partial charge in [-0.25, -0.2) is 4.98 Å². The van der Waals surface area contributed by atoms with Crippen molar-refractivity contribution in [2.45, 2.75) is 79.1 Å². The number of aromatic amines is 1. The maximum absolute atomic E-state index is 3.67. The molecule has 0 aliphatic heterocycles. The minimum absolute atomic E-state index is 0. The van der Waals surface area contributed by atoms with Crippen LogP contribution in [0.15, 0.2) is 18.7 Å². The van der Waals surface area contributed by atoms with Crippen LogP contribution in [0, 0.1) is 0 Å². The van der Waals surface area contributed by atoms with Gasteiger partial charge in [-0.1, -0.05) is 53.4 Å². The van der Waals surface area contributed by atoms with Crippen LogP contribution < -0.4 is 17.0 Å². The average molecular weight is 390 g/mol. The summed E-state index contributed by atoms with van der Waals surface area (Å²) in [5, 5.41) is 0. The van der Waals surface area contributed by atoms with Gasteiger partial charge in [0.1, 0.15) is 0 Å². The van der Waals surface area contributed by atoms with Crippen LogP contribution in [-0.4, -0.2) is 40.6 Å². The molecule has 1 heterocycles. The molecule has 0 radical (unpaired) electrons. The molecule has 0 saturated heterocycles. The smallest absolute Gasteiger partial charge is 0.0919 e. The van der Waals surface area contributed by atoms with Gasteiger partial charge < -0.3 is 26.4 Å². The van der Waals surface area contributed by atoms with Gasteiger partial charge in [0.25, 0.3) is 0 Å². The molecule has 1 rings (SSSR count). The van der Waals surface area contributed by atoms with E-state index in [1.165, 1.54) is 82.0 Å². The van der Waals surface area contributed by atoms with Gasteiger partial charge in [0.2, 0.25) is 0 Å². The Balaban J connectivity index is 0. The lowest BCUT2D eigenvalue weighted by atomic mass is 10.1. The first-order chi connectivity index (χ1) is 10.7. The fourth-order valence-electron chi connectivity index (χ4n) is 2.86. The predicted octanol–water partition coefficient (Wildman–Crippen LogP) is 2.42. The van der Waals surface area contributed by atoms with E-state index in [1.54, 1.807) is 18.7 Å². The van der Waals surface area contributed by atoms with Crippen molar-refractivity contribution in [1.29, 1.82) is 0 Å². The molecule has 4 heteroatoms. The quantitative estimate of drug-likeness (QED) is 0.546. The van der Waals surface area contributed by atoms with Crippen molar-refractivity contribution in [2.24, 2.45) is 0 Å². The highest BCUT2D eigenvalue weighted by Gasteiger charge is 2.24. The van der Waals surface area contributed by atoms with E-state index in [4.69, 9.17) is 0 Å². The largest absolute Gasteiger partial charge is 1.00 e. The maximum Gasteiger partial charge on any atom is 0.0919 e. The number of nitrogens with one attached hydrogen (secondary N) is 1. The Kier molecular flexibility index (Phi) is 19.5. The van der Waals surface area contributed by atoms with Crippen molar-refractivity contribution < 1.29 is 21.5 Å². The zero-order chi connectivity index (χ0) is 16.5. The molecule has 0 spiro atoms. The number of nitrogens with zero attached hydrogens (tertiary/aromatic N) is 2. The molecule has 23 heavy (non-hydrogen) atoms. The van der Waals surface area contributed by atoms with E-state index in [2.05, 4.69) is 37.7 Å². The highest BCUT2D eigenvalue weighted by atomic mass is 79.9. The number of H-pyrrole nitrogens is 1. The maximum atomic E-state index is 3.67. The molecule has 0 atom stereocenters. The second kappa shape index (κ2) is 18.0. The van der Waals surface area contributed by atoms with Crippen molar-refractivity contribution in [1.82, 2.24) is 9.97 Å². The SMILES string of the molecule is CCCC[N+](CCCC)(CCCC)CCCC.[Br-].c1c[nH]cn1. The minimum atomic E-state index is 0. The molecule has 0 aromatic carbocycles. The molecule has 1 aromatic rings. The van der Waals surface area contributed by atoms with Gasteiger partial charge in [-0.3, -0.25) is 0 Å². The monoisotopic (exact) mass is 389 g/mol. The Bertz CT molecular complexity index is 247. The first-order valence-electron chi connectivity index (χ1n) is 9.52. The summed E-state index contributed by atoms with van der Waals surface area (Å²) < 4.78 is 1.42. The van der Waals surface area contributed by atoms with E-state index < -0.39 is 0 Å². The molecular weight excluding hydrogens is 350 g/mol. The molecular formula is C19H40BrN3. The zero-order valence-corrected chi connectivity index (χ0v) is 17.6. The van der Waals surface area contributed by atoms with E-state index >= 15 is 0 Å². The molecule has 0 fully saturated rings. The Morgan fingerprint density at radius 1 is 0.739 bits per heavy atom. The molecule has 0 unspecified atom stereocenters. The summed E-state index contributed by atoms with van der Waals surface area (Å²) in [5.41, 5.74) is 0. The first kappa shape index (κ1) is 24.9. The summed E-state index contributed by atoms with van der Waals surface area (Å²) in [6.07, 6.45) is 16.1. The number of imidazole rings is 1. The van der Waals surface area contributed by atoms with Crippen LogP contribution in [0.3, 0.4) is 0 Å². The van der Waals surface area contributed by atoms with Crippen LogP contribution >= 0.6 is 0 Å². The Morgan fingerprint density at radius 3 is 1.30 bits per heavy atom. The number of aromatic nitrogens is 2. The topological polar surface area (TPSA) is 28.7 Å². The average Bonchev–Trinajstić information content (AvgIpc) is 3.13. The van der Waals surface area contributed by atoms with Crippen molar-refractivity contribution in [2.75, 3.05) is 26.2 Å². The summed E-state index contributed by atoms with van der Waals surface area (Å²) in [7, 11) is 0. The van der Waals surface area contributed by atoms with Crippen molar-refractivity contribution in [3.63, 3.8) is 0 Å². The number of unbranched alkanes of at least 4 members (excludes halogenated alkanes) is 4. The molecule has 1 N–H and O–H groups in total. The highest BCUT2D eigenvalue weighted by Crippen LogP contribution is 2.16. The Hall–Kier alpha value is -0.350. The predicted molar refractivity (Wildman–Crippen MR) is 97.9 cm³/mol. The van der Waals surface area contributed by atoms with Crippen molar-refractivity contribution >= 4 is 0 Å². The lowest BCUT2D eigenvalue weighted by molar-refractivity contribution is -0.929. The lowest BCUT2D eigenvalue weighted by Gasteiger charge is -2.39. The fourth-order valence-corrected chi connectivity index (χ4v) is 2.86. The molecule has 0 aliphatic rings. The Labute approximate surface area is 155 Å². The van der Waals surface area contributed by atoms with E-state index in [0.29, 0.717) is 0 Å². The second-order valence-corrected chi connectivity index (χ2v) is 6.41. The van der Waals surface area contributed by atoms with Crippen LogP contribution in [-0.2, 0) is 0 Å². The molecule has 3 nitrogen and oxygen atoms in total. The van der Waals surface area contributed by atoms with Gasteiger partial charge in [-0.15, -0.1) is 0 Å². The van der Waals surface area contributed by atoms with Gasteiger partial charge >= 0.3 is 0 Å². The number of hydrogen-bond acceptors (Lipinski definition) is 1. The van der Waals surface area contributed by atoms with Crippen molar-refractivity contribution in [3.8, 4) is 0 Å². The zero-order valence-electron chi connectivity index (χ0n) is 16.0. The third-order valence-electron chi connectivity index (χ3n) is 4.35. The van der Waals surface area contributed by atoms with Gasteiger partial charge in [0.05, 0.1) is 32.5 Å². The number of quaternary nitrogens is 1. The summed E-state index contributed by atoms with van der Waals surface area (Å²) in [6, 6.07) is 0. The number of hydrogen-bond donors (Lipinski definition) is 1. The van der Waals surface area contributed by atoms with E-state index in [9.17, 15) is 0 Å². The first-order valence-corrected chi connectivity index (χ1v) is 9.52. The second-order valence-electron chi connectivity index (χ2n) is 6.41. The van der Waals surface area contributed by atoms with E-state index in [-0.39, 0.29) is 17.0 Å². The molecule has 0 aliphatic carbocycles. The molecule has 0 bridgehead atoms. The summed E-state index contributed by atoms with van der Waals surface area (Å²) in [4.78, 5) is 6.42. The number of rotatable bonds is 12. The van der Waals surface area contributed by atoms with Crippen LogP contribution in [0.4, 0.5) is 0 Å².